The van der Waals surface area contributed by atoms with E-state index in [9.17, 15) is 0 Å². The van der Waals surface area contributed by atoms with E-state index >= 15 is 0 Å². The Morgan fingerprint density at radius 1 is 1.44 bits per heavy atom. The van der Waals surface area contributed by atoms with Crippen molar-refractivity contribution in [1.29, 1.82) is 0 Å². The molecule has 16 heavy (non-hydrogen) atoms. The first kappa shape index (κ1) is 12.3. The zero-order valence-corrected chi connectivity index (χ0v) is 12.1. The normalized spacial score (nSPS) is 19.1. The van der Waals surface area contributed by atoms with Crippen LogP contribution in [0.15, 0.2) is 18.2 Å². The van der Waals surface area contributed by atoms with Crippen LogP contribution >= 0.6 is 27.5 Å². The lowest BCUT2D eigenvalue weighted by Crippen LogP contribution is -2.38. The summed E-state index contributed by atoms with van der Waals surface area (Å²) in [4.78, 5) is 2.48. The highest BCUT2D eigenvalue weighted by atomic mass is 79.9. The standard InChI is InChI=1S/C13H17BrClN/c1-13(2)7-4-8-16(13)12-6-3-5-11(15)10(12)9-14/h3,5-6H,4,7-9H2,1-2H3. The largest absolute Gasteiger partial charge is 0.366 e. The molecule has 0 amide bonds. The van der Waals surface area contributed by atoms with Crippen LogP contribution < -0.4 is 4.90 Å². The van der Waals surface area contributed by atoms with E-state index in [2.05, 4.69) is 40.7 Å². The van der Waals surface area contributed by atoms with Crippen LogP contribution in [-0.2, 0) is 5.33 Å². The van der Waals surface area contributed by atoms with Gasteiger partial charge >= 0.3 is 0 Å². The molecule has 1 aliphatic rings. The van der Waals surface area contributed by atoms with Crippen LogP contribution in [0, 0.1) is 0 Å². The van der Waals surface area contributed by atoms with Gasteiger partial charge in [0.1, 0.15) is 0 Å². The summed E-state index contributed by atoms with van der Waals surface area (Å²) in [5.41, 5.74) is 2.74. The van der Waals surface area contributed by atoms with E-state index < -0.39 is 0 Å². The number of hydrogen-bond acceptors (Lipinski definition) is 1. The lowest BCUT2D eigenvalue weighted by atomic mass is 10.0. The minimum absolute atomic E-state index is 0.252. The maximum atomic E-state index is 6.24. The van der Waals surface area contributed by atoms with Crippen LogP contribution in [0.2, 0.25) is 5.02 Å². The van der Waals surface area contributed by atoms with E-state index in [-0.39, 0.29) is 5.54 Å². The van der Waals surface area contributed by atoms with Gasteiger partial charge < -0.3 is 4.90 Å². The number of halogens is 2. The van der Waals surface area contributed by atoms with Gasteiger partial charge in [0.2, 0.25) is 0 Å². The summed E-state index contributed by atoms with van der Waals surface area (Å²) in [6, 6.07) is 6.18. The van der Waals surface area contributed by atoms with Gasteiger partial charge in [0.05, 0.1) is 0 Å². The van der Waals surface area contributed by atoms with Gasteiger partial charge in [-0.3, -0.25) is 0 Å². The van der Waals surface area contributed by atoms with Gasteiger partial charge in [-0.25, -0.2) is 0 Å². The second kappa shape index (κ2) is 4.58. The first-order chi connectivity index (χ1) is 7.56. The number of nitrogens with zero attached hydrogens (tertiary/aromatic N) is 1. The van der Waals surface area contributed by atoms with E-state index in [0.29, 0.717) is 0 Å². The van der Waals surface area contributed by atoms with E-state index in [0.717, 1.165) is 16.9 Å². The molecule has 0 spiro atoms. The number of alkyl halides is 1. The Balaban J connectivity index is 2.44. The molecule has 88 valence electrons. The Labute approximate surface area is 111 Å². The van der Waals surface area contributed by atoms with Crippen LogP contribution in [0.4, 0.5) is 5.69 Å². The van der Waals surface area contributed by atoms with Crippen LogP contribution in [-0.4, -0.2) is 12.1 Å². The highest BCUT2D eigenvalue weighted by Gasteiger charge is 2.33. The molecule has 0 saturated carbocycles. The molecular weight excluding hydrogens is 286 g/mol. The summed E-state index contributed by atoms with van der Waals surface area (Å²) in [5.74, 6) is 0. The third-order valence-corrected chi connectivity index (χ3v) is 4.33. The molecule has 1 heterocycles. The number of benzene rings is 1. The lowest BCUT2D eigenvalue weighted by molar-refractivity contribution is 0.517. The zero-order chi connectivity index (χ0) is 11.8. The molecule has 0 radical (unpaired) electrons. The molecule has 0 unspecified atom stereocenters. The van der Waals surface area contributed by atoms with Crippen molar-refractivity contribution < 1.29 is 0 Å². The highest BCUT2D eigenvalue weighted by Crippen LogP contribution is 2.38. The van der Waals surface area contributed by atoms with Gasteiger partial charge in [0, 0.05) is 33.7 Å². The van der Waals surface area contributed by atoms with Gasteiger partial charge in [-0.05, 0) is 38.8 Å². The summed E-state index contributed by atoms with van der Waals surface area (Å²) in [6.45, 7) is 5.74. The minimum atomic E-state index is 0.252. The van der Waals surface area contributed by atoms with Crippen molar-refractivity contribution in [3.63, 3.8) is 0 Å². The molecule has 2 rings (SSSR count). The van der Waals surface area contributed by atoms with Crippen LogP contribution in [0.5, 0.6) is 0 Å². The fourth-order valence-corrected chi connectivity index (χ4v) is 3.47. The van der Waals surface area contributed by atoms with Crippen molar-refractivity contribution in [2.75, 3.05) is 11.4 Å². The average molecular weight is 303 g/mol. The molecule has 1 saturated heterocycles. The molecule has 0 aromatic heterocycles. The Bertz CT molecular complexity index is 390. The predicted molar refractivity (Wildman–Crippen MR) is 74.7 cm³/mol. The summed E-state index contributed by atoms with van der Waals surface area (Å²) in [5, 5.41) is 1.67. The van der Waals surface area contributed by atoms with E-state index in [1.165, 1.54) is 24.1 Å². The fourth-order valence-electron chi connectivity index (χ4n) is 2.49. The van der Waals surface area contributed by atoms with E-state index in [4.69, 9.17) is 11.6 Å². The Morgan fingerprint density at radius 2 is 2.19 bits per heavy atom. The average Bonchev–Trinajstić information content (AvgIpc) is 2.57. The Kier molecular flexibility index (Phi) is 3.50. The molecule has 1 nitrogen and oxygen atoms in total. The molecule has 3 heteroatoms. The fraction of sp³-hybridized carbons (Fsp3) is 0.538. The third-order valence-electron chi connectivity index (χ3n) is 3.42. The second-order valence-electron chi connectivity index (χ2n) is 4.94. The molecule has 1 fully saturated rings. The van der Waals surface area contributed by atoms with Crippen LogP contribution in [0.3, 0.4) is 0 Å². The molecule has 0 atom stereocenters. The van der Waals surface area contributed by atoms with Crippen molar-refractivity contribution in [2.24, 2.45) is 0 Å². The van der Waals surface area contributed by atoms with E-state index in [1.54, 1.807) is 0 Å². The quantitative estimate of drug-likeness (QED) is 0.721. The Hall–Kier alpha value is -0.210. The summed E-state index contributed by atoms with van der Waals surface area (Å²) < 4.78 is 0. The summed E-state index contributed by atoms with van der Waals surface area (Å²) in [6.07, 6.45) is 2.52. The predicted octanol–water partition coefficient (Wildman–Crippen LogP) is 4.61. The van der Waals surface area contributed by atoms with Crippen molar-refractivity contribution in [2.45, 2.75) is 37.6 Å². The second-order valence-corrected chi connectivity index (χ2v) is 5.91. The molecule has 1 aliphatic heterocycles. The Morgan fingerprint density at radius 3 is 2.75 bits per heavy atom. The first-order valence-electron chi connectivity index (χ1n) is 5.67. The van der Waals surface area contributed by atoms with Crippen LogP contribution in [0.1, 0.15) is 32.3 Å². The summed E-state index contributed by atoms with van der Waals surface area (Å²) >= 11 is 9.78. The molecule has 0 N–H and O–H groups in total. The highest BCUT2D eigenvalue weighted by molar-refractivity contribution is 9.08. The van der Waals surface area contributed by atoms with Crippen LogP contribution in [0.25, 0.3) is 0 Å². The monoisotopic (exact) mass is 301 g/mol. The van der Waals surface area contributed by atoms with Crippen molar-refractivity contribution in [1.82, 2.24) is 0 Å². The first-order valence-corrected chi connectivity index (χ1v) is 7.17. The molecule has 1 aromatic rings. The number of hydrogen-bond donors (Lipinski definition) is 0. The number of rotatable bonds is 2. The van der Waals surface area contributed by atoms with Crippen molar-refractivity contribution in [3.05, 3.63) is 28.8 Å². The van der Waals surface area contributed by atoms with Gasteiger partial charge in [-0.1, -0.05) is 33.6 Å². The maximum Gasteiger partial charge on any atom is 0.0467 e. The molecule has 0 bridgehead atoms. The number of anilines is 1. The van der Waals surface area contributed by atoms with Gasteiger partial charge in [-0.2, -0.15) is 0 Å². The van der Waals surface area contributed by atoms with Gasteiger partial charge in [0.25, 0.3) is 0 Å². The smallest absolute Gasteiger partial charge is 0.0467 e. The third kappa shape index (κ3) is 2.10. The maximum absolute atomic E-state index is 6.24. The topological polar surface area (TPSA) is 3.24 Å². The zero-order valence-electron chi connectivity index (χ0n) is 9.76. The minimum Gasteiger partial charge on any atom is -0.366 e. The molecule has 1 aromatic carbocycles. The summed E-state index contributed by atoms with van der Waals surface area (Å²) in [7, 11) is 0. The van der Waals surface area contributed by atoms with E-state index in [1.807, 2.05) is 12.1 Å². The van der Waals surface area contributed by atoms with Crippen molar-refractivity contribution >= 4 is 33.2 Å². The molecular formula is C13H17BrClN. The lowest BCUT2D eigenvalue weighted by Gasteiger charge is -2.35. The molecule has 0 aliphatic carbocycles. The van der Waals surface area contributed by atoms with Crippen molar-refractivity contribution in [3.8, 4) is 0 Å². The van der Waals surface area contributed by atoms with Gasteiger partial charge in [-0.15, -0.1) is 0 Å². The van der Waals surface area contributed by atoms with Gasteiger partial charge in [0.15, 0.2) is 0 Å². The SMILES string of the molecule is CC1(C)CCCN1c1cccc(Cl)c1CBr.